The number of hydrogen-bond acceptors (Lipinski definition) is 6. The third kappa shape index (κ3) is 6.41. The van der Waals surface area contributed by atoms with Crippen LogP contribution in [0.2, 0.25) is 0 Å². The third-order valence-electron chi connectivity index (χ3n) is 7.61. The number of anilines is 1. The molecule has 9 nitrogen and oxygen atoms in total. The molecule has 1 saturated heterocycles. The maximum absolute atomic E-state index is 13.3. The predicted molar refractivity (Wildman–Crippen MR) is 167 cm³/mol. The fraction of sp³-hybridized carbons (Fsp3) is 0.364. The molecule has 9 heteroatoms. The Morgan fingerprint density at radius 2 is 1.93 bits per heavy atom. The van der Waals surface area contributed by atoms with Gasteiger partial charge in [0.25, 0.3) is 5.91 Å². The summed E-state index contributed by atoms with van der Waals surface area (Å²) in [5.41, 5.74) is 5.11. The Labute approximate surface area is 248 Å². The van der Waals surface area contributed by atoms with E-state index < -0.39 is 0 Å². The number of fused-ring (bicyclic) bond motifs is 1. The highest BCUT2D eigenvalue weighted by Gasteiger charge is 2.31. The molecule has 3 aromatic heterocycles. The lowest BCUT2D eigenvalue weighted by atomic mass is 10.0. The average molecular weight is 568 g/mol. The summed E-state index contributed by atoms with van der Waals surface area (Å²) in [6, 6.07) is 11.2. The Balaban J connectivity index is 0.00000423. The van der Waals surface area contributed by atoms with Gasteiger partial charge in [-0.2, -0.15) is 0 Å². The van der Waals surface area contributed by atoms with Crippen LogP contribution in [0.1, 0.15) is 67.5 Å². The fourth-order valence-corrected chi connectivity index (χ4v) is 5.53. The van der Waals surface area contributed by atoms with Gasteiger partial charge in [0.15, 0.2) is 0 Å². The molecule has 0 bridgehead atoms. The Morgan fingerprint density at radius 3 is 2.69 bits per heavy atom. The van der Waals surface area contributed by atoms with Crippen molar-refractivity contribution < 1.29 is 11.0 Å². The molecular formula is C33H41N7O2. The number of nitrogens with zero attached hydrogens (tertiary/aromatic N) is 6. The molecule has 0 unspecified atom stereocenters. The second-order valence-corrected chi connectivity index (χ2v) is 11.1. The number of nitrogens with one attached hydrogen (secondary N) is 1. The molecule has 0 radical (unpaired) electrons. The summed E-state index contributed by atoms with van der Waals surface area (Å²) < 4.78 is 2.08. The van der Waals surface area contributed by atoms with Crippen molar-refractivity contribution in [1.29, 1.82) is 0 Å². The molecule has 1 aromatic carbocycles. The van der Waals surface area contributed by atoms with E-state index in [1.165, 1.54) is 0 Å². The number of piperidine rings is 1. The number of hydrogen-bond donors (Lipinski definition) is 1. The van der Waals surface area contributed by atoms with Crippen molar-refractivity contribution in [3.63, 3.8) is 0 Å². The Morgan fingerprint density at radius 1 is 1.12 bits per heavy atom. The van der Waals surface area contributed by atoms with Crippen LogP contribution in [0, 0.1) is 6.92 Å². The van der Waals surface area contributed by atoms with Crippen molar-refractivity contribution in [3.8, 4) is 11.3 Å². The molecular weight excluding hydrogens is 526 g/mol. The molecule has 1 atom stereocenters. The van der Waals surface area contributed by atoms with Gasteiger partial charge in [-0.1, -0.05) is 31.6 Å². The van der Waals surface area contributed by atoms with Crippen molar-refractivity contribution >= 4 is 23.1 Å². The summed E-state index contributed by atoms with van der Waals surface area (Å²) in [4.78, 5) is 44.2. The van der Waals surface area contributed by atoms with Gasteiger partial charge in [-0.05, 0) is 76.5 Å². The number of rotatable bonds is 9. The smallest absolute Gasteiger partial charge is 0.256 e. The zero-order valence-electron chi connectivity index (χ0n) is 24.9. The molecule has 1 aliphatic heterocycles. The van der Waals surface area contributed by atoms with Crippen LogP contribution in [0.5, 0.6) is 0 Å². The van der Waals surface area contributed by atoms with Crippen molar-refractivity contribution in [1.82, 2.24) is 29.2 Å². The minimum atomic E-state index is -0.213. The average Bonchev–Trinajstić information content (AvgIpc) is 3.38. The molecule has 1 fully saturated rings. The van der Waals surface area contributed by atoms with Crippen LogP contribution in [0.3, 0.4) is 0 Å². The van der Waals surface area contributed by atoms with Crippen LogP contribution in [-0.2, 0) is 11.2 Å². The molecule has 0 spiro atoms. The normalized spacial score (nSPS) is 15.5. The SMILES string of the molecule is CCCc1ccnc(NC(=O)c2ccc(-c3nc([C@@H]4CCCCN4C(=O)/C=C/CN(C)C)n4ccnc(C)c34)cc2)c1.[HH]. The molecule has 4 aromatic rings. The first-order chi connectivity index (χ1) is 20.4. The number of carbonyl (C=O) groups excluding carboxylic acids is 2. The maximum atomic E-state index is 13.3. The lowest BCUT2D eigenvalue weighted by Crippen LogP contribution is -2.38. The van der Waals surface area contributed by atoms with Gasteiger partial charge in [-0.3, -0.25) is 19.0 Å². The zero-order valence-corrected chi connectivity index (χ0v) is 24.9. The predicted octanol–water partition coefficient (Wildman–Crippen LogP) is 5.72. The van der Waals surface area contributed by atoms with E-state index in [9.17, 15) is 9.59 Å². The Kier molecular flexibility index (Phi) is 9.07. The topological polar surface area (TPSA) is 95.7 Å². The number of likely N-dealkylation sites (tertiary alicyclic amines) is 1. The van der Waals surface area contributed by atoms with Crippen LogP contribution in [0.4, 0.5) is 5.82 Å². The van der Waals surface area contributed by atoms with E-state index in [-0.39, 0.29) is 19.3 Å². The van der Waals surface area contributed by atoms with Crippen molar-refractivity contribution in [2.24, 2.45) is 0 Å². The summed E-state index contributed by atoms with van der Waals surface area (Å²) in [6.07, 6.45) is 13.8. The number of aryl methyl sites for hydroxylation is 2. The highest BCUT2D eigenvalue weighted by molar-refractivity contribution is 6.04. The summed E-state index contributed by atoms with van der Waals surface area (Å²) in [7, 11) is 3.96. The highest BCUT2D eigenvalue weighted by atomic mass is 16.2. The molecule has 1 N–H and O–H groups in total. The third-order valence-corrected chi connectivity index (χ3v) is 7.61. The minimum Gasteiger partial charge on any atom is -0.329 e. The summed E-state index contributed by atoms with van der Waals surface area (Å²) in [5.74, 6) is 1.18. The van der Waals surface area contributed by atoms with Gasteiger partial charge in [-0.25, -0.2) is 9.97 Å². The Hall–Kier alpha value is -4.37. The van der Waals surface area contributed by atoms with E-state index in [0.29, 0.717) is 24.5 Å². The molecule has 0 saturated carbocycles. The van der Waals surface area contributed by atoms with Crippen LogP contribution in [-0.4, -0.2) is 68.2 Å². The van der Waals surface area contributed by atoms with Crippen LogP contribution in [0.15, 0.2) is 67.1 Å². The fourth-order valence-electron chi connectivity index (χ4n) is 5.53. The number of carbonyl (C=O) groups is 2. The molecule has 220 valence electrons. The van der Waals surface area contributed by atoms with Crippen LogP contribution < -0.4 is 5.32 Å². The zero-order chi connectivity index (χ0) is 29.6. The first kappa shape index (κ1) is 29.1. The number of pyridine rings is 1. The number of imidazole rings is 1. The second kappa shape index (κ2) is 13.1. The van der Waals surface area contributed by atoms with E-state index in [2.05, 4.69) is 26.6 Å². The van der Waals surface area contributed by atoms with Gasteiger partial charge >= 0.3 is 0 Å². The molecule has 5 rings (SSSR count). The van der Waals surface area contributed by atoms with Gasteiger partial charge in [0.1, 0.15) is 11.6 Å². The van der Waals surface area contributed by atoms with Crippen molar-refractivity contribution in [2.45, 2.75) is 52.0 Å². The second-order valence-electron chi connectivity index (χ2n) is 11.1. The van der Waals surface area contributed by atoms with E-state index in [0.717, 1.165) is 66.0 Å². The molecule has 0 aliphatic carbocycles. The van der Waals surface area contributed by atoms with Gasteiger partial charge in [-0.15, -0.1) is 0 Å². The highest BCUT2D eigenvalue weighted by Crippen LogP contribution is 2.35. The number of aromatic nitrogens is 4. The number of benzene rings is 1. The Bertz CT molecular complexity index is 1600. The van der Waals surface area contributed by atoms with Crippen molar-refractivity contribution in [2.75, 3.05) is 32.5 Å². The molecule has 2 amide bonds. The van der Waals surface area contributed by atoms with Gasteiger partial charge in [0.05, 0.1) is 22.9 Å². The van der Waals surface area contributed by atoms with E-state index in [1.54, 1.807) is 18.5 Å². The molecule has 1 aliphatic rings. The van der Waals surface area contributed by atoms with E-state index in [4.69, 9.17) is 4.98 Å². The van der Waals surface area contributed by atoms with Crippen LogP contribution >= 0.6 is 0 Å². The quantitative estimate of drug-likeness (QED) is 0.260. The summed E-state index contributed by atoms with van der Waals surface area (Å²) in [6.45, 7) is 5.50. The summed E-state index contributed by atoms with van der Waals surface area (Å²) >= 11 is 0. The molecule has 4 heterocycles. The molecule has 42 heavy (non-hydrogen) atoms. The maximum Gasteiger partial charge on any atom is 0.256 e. The van der Waals surface area contributed by atoms with E-state index in [1.807, 2.05) is 79.5 Å². The standard InChI is InChI=1S/C33H39N7O2.H2/c1-5-9-24-16-17-35-28(22-24)36-33(42)26-14-12-25(13-15-26)30-31-23(2)34-18-21-40(31)32(37-30)27-10-6-7-20-39(27)29(41)11-8-19-38(3)4;/h8,11-18,21-22,27H,5-7,9-10,19-20H2,1-4H3,(H,35,36,42);1H/b11-8+;/t27-;/m0./s1. The lowest BCUT2D eigenvalue weighted by Gasteiger charge is -2.34. The van der Waals surface area contributed by atoms with Crippen molar-refractivity contribution in [3.05, 3.63) is 89.8 Å². The minimum absolute atomic E-state index is 0. The first-order valence-corrected chi connectivity index (χ1v) is 14.7. The van der Waals surface area contributed by atoms with Crippen LogP contribution in [0.25, 0.3) is 16.8 Å². The van der Waals surface area contributed by atoms with Gasteiger partial charge < -0.3 is 15.1 Å². The van der Waals surface area contributed by atoms with E-state index >= 15 is 0 Å². The van der Waals surface area contributed by atoms with Gasteiger partial charge in [0.2, 0.25) is 5.91 Å². The first-order valence-electron chi connectivity index (χ1n) is 14.7. The number of amides is 2. The van der Waals surface area contributed by atoms with Gasteiger partial charge in [0, 0.05) is 50.3 Å². The summed E-state index contributed by atoms with van der Waals surface area (Å²) in [5, 5.41) is 2.91. The lowest BCUT2D eigenvalue weighted by molar-refractivity contribution is -0.130. The number of likely N-dealkylation sites (N-methyl/N-ethyl adjacent to an activating group) is 1. The monoisotopic (exact) mass is 567 g/mol. The largest absolute Gasteiger partial charge is 0.329 e.